The van der Waals surface area contributed by atoms with Gasteiger partial charge in [0.25, 0.3) is 0 Å². The first kappa shape index (κ1) is 55.9. The van der Waals surface area contributed by atoms with Crippen LogP contribution in [-0.4, -0.2) is 59.0 Å². The van der Waals surface area contributed by atoms with Gasteiger partial charge in [-0.25, -0.2) is 4.57 Å². The van der Waals surface area contributed by atoms with E-state index in [1.54, 1.807) is 6.08 Å². The fraction of sp³-hybridized carbons (Fsp3) is 0.894. The number of rotatable bonds is 45. The molecule has 0 rings (SSSR count). The zero-order valence-corrected chi connectivity index (χ0v) is 38.1. The van der Waals surface area contributed by atoms with Gasteiger partial charge in [0.05, 0.1) is 37.9 Å². The van der Waals surface area contributed by atoms with E-state index in [9.17, 15) is 24.5 Å². The van der Waals surface area contributed by atoms with Gasteiger partial charge in [-0.1, -0.05) is 205 Å². The van der Waals surface area contributed by atoms with Crippen molar-refractivity contribution in [1.29, 1.82) is 0 Å². The van der Waals surface area contributed by atoms with Gasteiger partial charge in [-0.3, -0.25) is 13.8 Å². The third-order valence-electron chi connectivity index (χ3n) is 10.8. The summed E-state index contributed by atoms with van der Waals surface area (Å²) in [6.45, 7) is 3.99. The van der Waals surface area contributed by atoms with Gasteiger partial charge in [0, 0.05) is 6.54 Å². The monoisotopic (exact) mass is 829 g/mol. The maximum Gasteiger partial charge on any atom is 0.472 e. The van der Waals surface area contributed by atoms with Gasteiger partial charge in [-0.2, -0.15) is 0 Å². The van der Waals surface area contributed by atoms with Crippen molar-refractivity contribution in [2.45, 2.75) is 250 Å². The van der Waals surface area contributed by atoms with Crippen molar-refractivity contribution < 1.29 is 33.5 Å². The Balaban J connectivity index is 4.23. The van der Waals surface area contributed by atoms with Gasteiger partial charge >= 0.3 is 7.82 Å². The van der Waals surface area contributed by atoms with Crippen molar-refractivity contribution in [3.05, 3.63) is 24.3 Å². The normalized spacial score (nSPS) is 14.7. The van der Waals surface area contributed by atoms with Crippen LogP contribution < -0.4 is 11.1 Å². The summed E-state index contributed by atoms with van der Waals surface area (Å²) in [5, 5.41) is 24.1. The Kier molecular flexibility index (Phi) is 42.2. The lowest BCUT2D eigenvalue weighted by Gasteiger charge is -2.24. The van der Waals surface area contributed by atoms with E-state index in [1.165, 1.54) is 154 Å². The molecule has 338 valence electrons. The number of amides is 1. The highest BCUT2D eigenvalue weighted by atomic mass is 31.2. The highest BCUT2D eigenvalue weighted by Gasteiger charge is 2.27. The molecule has 4 atom stereocenters. The second-order valence-electron chi connectivity index (χ2n) is 16.5. The fourth-order valence-corrected chi connectivity index (χ4v) is 7.93. The number of aliphatic hydroxyl groups excluding tert-OH is 2. The molecule has 0 saturated carbocycles. The average molecular weight is 829 g/mol. The summed E-state index contributed by atoms with van der Waals surface area (Å²) >= 11 is 0. The summed E-state index contributed by atoms with van der Waals surface area (Å²) in [7, 11) is -4.40. The van der Waals surface area contributed by atoms with Gasteiger partial charge < -0.3 is 26.2 Å². The van der Waals surface area contributed by atoms with Crippen molar-refractivity contribution in [2.75, 3.05) is 19.8 Å². The molecule has 0 fully saturated rings. The molecule has 0 aliphatic carbocycles. The third-order valence-corrected chi connectivity index (χ3v) is 11.8. The van der Waals surface area contributed by atoms with Crippen LogP contribution in [0.5, 0.6) is 0 Å². The standard InChI is InChI=1S/C47H93N2O7P/c1-3-5-7-9-11-13-15-17-19-20-21-22-23-25-26-28-30-32-34-36-38-44(50)42-47(52)49-45(43-56-57(53,54)55-41-40-48)46(51)39-37-35-33-31-29-27-24-18-16-14-12-10-8-6-4-2/h23,25,37,39,44-46,50-51H,3-22,24,26-36,38,40-43,48H2,1-2H3,(H,49,52)(H,53,54)/b25-23-,39-37+. The number of aliphatic hydroxyl groups is 2. The van der Waals surface area contributed by atoms with Crippen LogP contribution in [-0.2, 0) is 18.4 Å². The van der Waals surface area contributed by atoms with Crippen molar-refractivity contribution in [3.63, 3.8) is 0 Å². The molecule has 0 aliphatic rings. The Labute approximate surface area is 351 Å². The number of nitrogens with two attached hydrogens (primary N) is 1. The first-order valence-electron chi connectivity index (χ1n) is 24.0. The smallest absolute Gasteiger partial charge is 0.393 e. The predicted octanol–water partition coefficient (Wildman–Crippen LogP) is 12.7. The highest BCUT2D eigenvalue weighted by Crippen LogP contribution is 2.43. The van der Waals surface area contributed by atoms with E-state index in [0.29, 0.717) is 6.42 Å². The second-order valence-corrected chi connectivity index (χ2v) is 18.0. The van der Waals surface area contributed by atoms with Crippen LogP contribution in [0, 0.1) is 0 Å². The third kappa shape index (κ3) is 41.5. The average Bonchev–Trinajstić information content (AvgIpc) is 3.19. The molecule has 6 N–H and O–H groups in total. The maximum absolute atomic E-state index is 12.8. The molecule has 0 aliphatic heterocycles. The molecule has 0 aromatic rings. The molecule has 4 unspecified atom stereocenters. The number of phosphoric ester groups is 1. The number of carbonyl (C=O) groups excluding carboxylic acids is 1. The molecule has 0 radical (unpaired) electrons. The Bertz CT molecular complexity index is 966. The summed E-state index contributed by atoms with van der Waals surface area (Å²) in [5.74, 6) is -0.448. The van der Waals surface area contributed by atoms with Crippen LogP contribution in [0.4, 0.5) is 0 Å². The van der Waals surface area contributed by atoms with Crippen molar-refractivity contribution >= 4 is 13.7 Å². The summed E-state index contributed by atoms with van der Waals surface area (Å²) < 4.78 is 22.1. The van der Waals surface area contributed by atoms with Gasteiger partial charge in [-0.15, -0.1) is 0 Å². The quantitative estimate of drug-likeness (QED) is 0.0231. The topological polar surface area (TPSA) is 151 Å². The minimum atomic E-state index is -4.40. The predicted molar refractivity (Wildman–Crippen MR) is 241 cm³/mol. The summed E-state index contributed by atoms with van der Waals surface area (Å²) in [5.41, 5.74) is 5.37. The maximum atomic E-state index is 12.8. The van der Waals surface area contributed by atoms with E-state index in [0.717, 1.165) is 51.4 Å². The molecule has 0 spiro atoms. The van der Waals surface area contributed by atoms with E-state index < -0.39 is 38.6 Å². The molecule has 1 amide bonds. The Morgan fingerprint density at radius 1 is 0.596 bits per heavy atom. The Morgan fingerprint density at radius 3 is 1.40 bits per heavy atom. The molecular weight excluding hydrogens is 735 g/mol. The Morgan fingerprint density at radius 2 is 0.982 bits per heavy atom. The molecule has 10 heteroatoms. The largest absolute Gasteiger partial charge is 0.472 e. The van der Waals surface area contributed by atoms with Gasteiger partial charge in [0.1, 0.15) is 0 Å². The van der Waals surface area contributed by atoms with Gasteiger partial charge in [0.2, 0.25) is 5.91 Å². The van der Waals surface area contributed by atoms with Crippen LogP contribution in [0.15, 0.2) is 24.3 Å². The summed E-state index contributed by atoms with van der Waals surface area (Å²) in [6, 6.07) is -0.983. The van der Waals surface area contributed by atoms with Crippen LogP contribution in [0.1, 0.15) is 232 Å². The van der Waals surface area contributed by atoms with Gasteiger partial charge in [-0.05, 0) is 44.9 Å². The molecule has 0 aromatic heterocycles. The molecule has 0 heterocycles. The lowest BCUT2D eigenvalue weighted by molar-refractivity contribution is -0.124. The number of hydrogen-bond donors (Lipinski definition) is 5. The van der Waals surface area contributed by atoms with E-state index >= 15 is 0 Å². The van der Waals surface area contributed by atoms with Crippen molar-refractivity contribution in [1.82, 2.24) is 5.32 Å². The highest BCUT2D eigenvalue weighted by molar-refractivity contribution is 7.47. The van der Waals surface area contributed by atoms with E-state index in [1.807, 2.05) is 6.08 Å². The summed E-state index contributed by atoms with van der Waals surface area (Å²) in [6.07, 6.45) is 46.9. The number of hydrogen-bond acceptors (Lipinski definition) is 7. The van der Waals surface area contributed by atoms with E-state index in [4.69, 9.17) is 14.8 Å². The van der Waals surface area contributed by atoms with E-state index in [-0.39, 0.29) is 19.6 Å². The van der Waals surface area contributed by atoms with Gasteiger partial charge in [0.15, 0.2) is 0 Å². The lowest BCUT2D eigenvalue weighted by atomic mass is 10.0. The number of unbranched alkanes of at least 4 members (excludes halogenated alkanes) is 29. The first-order valence-corrected chi connectivity index (χ1v) is 25.5. The zero-order valence-electron chi connectivity index (χ0n) is 37.2. The van der Waals surface area contributed by atoms with Crippen molar-refractivity contribution in [2.24, 2.45) is 5.73 Å². The van der Waals surface area contributed by atoms with Crippen LogP contribution in [0.25, 0.3) is 0 Å². The molecular formula is C47H93N2O7P. The first-order chi connectivity index (χ1) is 27.8. The second kappa shape index (κ2) is 43.0. The number of allylic oxidation sites excluding steroid dienone is 3. The fourth-order valence-electron chi connectivity index (χ4n) is 7.17. The van der Waals surface area contributed by atoms with Crippen LogP contribution in [0.2, 0.25) is 0 Å². The minimum absolute atomic E-state index is 0.0490. The van der Waals surface area contributed by atoms with Crippen molar-refractivity contribution in [3.8, 4) is 0 Å². The number of carbonyl (C=O) groups is 1. The molecule has 0 aromatic carbocycles. The molecule has 9 nitrogen and oxygen atoms in total. The zero-order chi connectivity index (χ0) is 41.9. The molecule has 0 saturated heterocycles. The van der Waals surface area contributed by atoms with Crippen LogP contribution >= 0.6 is 7.82 Å². The van der Waals surface area contributed by atoms with E-state index in [2.05, 4.69) is 31.3 Å². The van der Waals surface area contributed by atoms with Crippen LogP contribution in [0.3, 0.4) is 0 Å². The Hall–Kier alpha value is -1.06. The lowest BCUT2D eigenvalue weighted by Crippen LogP contribution is -2.46. The minimum Gasteiger partial charge on any atom is -0.393 e. The molecule has 0 bridgehead atoms. The SMILES string of the molecule is CCCCCCCCCCCCC/C=C\CCCCCCCC(O)CC(=O)NC(COP(=O)(O)OCCN)C(O)/C=C/CCCCCCCCCCCCCCC. The molecule has 57 heavy (non-hydrogen) atoms. The summed E-state index contributed by atoms with van der Waals surface area (Å²) in [4.78, 5) is 22.8. The number of phosphoric acid groups is 1. The number of nitrogens with one attached hydrogen (secondary N) is 1.